The van der Waals surface area contributed by atoms with Crippen molar-refractivity contribution >= 4 is 13.7 Å². The summed E-state index contributed by atoms with van der Waals surface area (Å²) >= 11 is 0. The first-order valence-electron chi connectivity index (χ1n) is 35.9. The smallest absolute Gasteiger partial charge is 0.268 e. The van der Waals surface area contributed by atoms with Crippen LogP contribution in [0.1, 0.15) is 335 Å². The lowest BCUT2D eigenvalue weighted by molar-refractivity contribution is -0.870. The van der Waals surface area contributed by atoms with Crippen LogP contribution in [-0.2, 0) is 18.4 Å². The van der Waals surface area contributed by atoms with Crippen molar-refractivity contribution in [2.24, 2.45) is 0 Å². The maximum Gasteiger partial charge on any atom is 0.268 e. The molecule has 0 fully saturated rings. The molecule has 0 aromatic heterocycles. The molecule has 0 radical (unpaired) electrons. The molecule has 0 aromatic rings. The molecule has 0 aliphatic rings. The molecule has 0 aliphatic heterocycles. The number of aliphatic hydroxyl groups excluding tert-OH is 1. The normalized spacial score (nSPS) is 14.1. The molecular weight excluding hydrogens is 1060 g/mol. The maximum atomic E-state index is 13.0. The number of hydrogen-bond donors (Lipinski definition) is 2. The van der Waals surface area contributed by atoms with Crippen LogP contribution >= 0.6 is 7.82 Å². The summed E-state index contributed by atoms with van der Waals surface area (Å²) in [4.78, 5) is 25.6. The van der Waals surface area contributed by atoms with Gasteiger partial charge in [0.15, 0.2) is 0 Å². The number of rotatable bonds is 66. The fourth-order valence-electron chi connectivity index (χ4n) is 10.6. The molecule has 0 rings (SSSR count). The highest BCUT2D eigenvalue weighted by Gasteiger charge is 2.23. The number of nitrogens with zero attached hydrogens (tertiary/aromatic N) is 1. The van der Waals surface area contributed by atoms with E-state index < -0.39 is 20.0 Å². The number of phosphoric acid groups is 1. The first kappa shape index (κ1) is 81.7. The van der Waals surface area contributed by atoms with E-state index in [0.29, 0.717) is 17.4 Å². The topological polar surface area (TPSA) is 108 Å². The first-order valence-corrected chi connectivity index (χ1v) is 37.4. The van der Waals surface area contributed by atoms with Gasteiger partial charge in [-0.15, -0.1) is 0 Å². The van der Waals surface area contributed by atoms with Gasteiger partial charge in [0.05, 0.1) is 39.9 Å². The number of allylic oxidation sites excluding steroid dienone is 13. The third kappa shape index (κ3) is 67.2. The lowest BCUT2D eigenvalue weighted by atomic mass is 10.0. The van der Waals surface area contributed by atoms with E-state index in [0.717, 1.165) is 77.0 Å². The van der Waals surface area contributed by atoms with Gasteiger partial charge in [-0.3, -0.25) is 9.36 Å². The Morgan fingerprint density at radius 3 is 1.06 bits per heavy atom. The fourth-order valence-corrected chi connectivity index (χ4v) is 11.3. The van der Waals surface area contributed by atoms with Gasteiger partial charge in [0.1, 0.15) is 13.2 Å². The number of likely N-dealkylation sites (N-methyl/N-ethyl adjacent to an activating group) is 1. The number of aliphatic hydroxyl groups is 1. The van der Waals surface area contributed by atoms with E-state index >= 15 is 0 Å². The Hall–Kier alpha value is -2.32. The predicted molar refractivity (Wildman–Crippen MR) is 367 cm³/mol. The average Bonchev–Trinajstić information content (AvgIpc) is 3.56. The van der Waals surface area contributed by atoms with Crippen molar-refractivity contribution in [2.45, 2.75) is 347 Å². The lowest BCUT2D eigenvalue weighted by Gasteiger charge is -2.29. The van der Waals surface area contributed by atoms with Crippen LogP contribution in [-0.4, -0.2) is 68.5 Å². The van der Waals surface area contributed by atoms with Gasteiger partial charge in [-0.1, -0.05) is 343 Å². The van der Waals surface area contributed by atoms with Crippen LogP contribution in [0.5, 0.6) is 0 Å². The molecule has 0 bridgehead atoms. The Morgan fingerprint density at radius 1 is 0.429 bits per heavy atom. The number of carbonyl (C=O) groups excluding carboxylic acids is 1. The van der Waals surface area contributed by atoms with Crippen molar-refractivity contribution in [3.8, 4) is 0 Å². The zero-order chi connectivity index (χ0) is 61.2. The van der Waals surface area contributed by atoms with Crippen molar-refractivity contribution in [2.75, 3.05) is 40.9 Å². The molecular formula is C75H139N2O6P. The SMILES string of the molecule is CC/C=C\C/C=C\C/C=C\C/C=C\C/C=C\C/C=C\CCCCCCCCCCCCCCCCCCCCCCCCC(=O)NC(COP(=O)([O-])OCC[N+](C)(C)C)C(O)/C=C/CCCCCCCCCCCCCCCCCCCCC. The van der Waals surface area contributed by atoms with E-state index in [9.17, 15) is 19.4 Å². The number of nitrogens with one attached hydrogen (secondary N) is 1. The van der Waals surface area contributed by atoms with Crippen molar-refractivity contribution < 1.29 is 32.9 Å². The Bertz CT molecular complexity index is 1650. The van der Waals surface area contributed by atoms with Crippen molar-refractivity contribution in [1.29, 1.82) is 0 Å². The number of phosphoric ester groups is 1. The zero-order valence-corrected chi connectivity index (χ0v) is 57.0. The minimum absolute atomic E-state index is 0.000764. The molecule has 0 aromatic carbocycles. The lowest BCUT2D eigenvalue weighted by Crippen LogP contribution is -2.45. The molecule has 0 spiro atoms. The Labute approximate surface area is 522 Å². The fraction of sp³-hybridized carbons (Fsp3) is 0.800. The summed E-state index contributed by atoms with van der Waals surface area (Å²) in [5.74, 6) is -0.192. The van der Waals surface area contributed by atoms with E-state index in [1.54, 1.807) is 6.08 Å². The maximum absolute atomic E-state index is 13.0. The molecule has 84 heavy (non-hydrogen) atoms. The predicted octanol–water partition coefficient (Wildman–Crippen LogP) is 22.5. The van der Waals surface area contributed by atoms with Gasteiger partial charge in [-0.2, -0.15) is 0 Å². The summed E-state index contributed by atoms with van der Waals surface area (Å²) in [5.41, 5.74) is 0. The second-order valence-corrected chi connectivity index (χ2v) is 27.0. The zero-order valence-electron chi connectivity index (χ0n) is 56.1. The Kier molecular flexibility index (Phi) is 63.3. The number of hydrogen-bond acceptors (Lipinski definition) is 6. The highest BCUT2D eigenvalue weighted by Crippen LogP contribution is 2.38. The van der Waals surface area contributed by atoms with Crippen molar-refractivity contribution in [3.05, 3.63) is 85.1 Å². The Morgan fingerprint density at radius 2 is 0.726 bits per heavy atom. The summed E-state index contributed by atoms with van der Waals surface area (Å²) in [6.45, 7) is 4.57. The van der Waals surface area contributed by atoms with Crippen LogP contribution in [0.4, 0.5) is 0 Å². The van der Waals surface area contributed by atoms with Crippen molar-refractivity contribution in [3.63, 3.8) is 0 Å². The summed E-state index contributed by atoms with van der Waals surface area (Å²) in [7, 11) is 1.27. The molecule has 9 heteroatoms. The van der Waals surface area contributed by atoms with Crippen LogP contribution in [0.3, 0.4) is 0 Å². The quantitative estimate of drug-likeness (QED) is 0.0272. The second-order valence-electron chi connectivity index (χ2n) is 25.6. The largest absolute Gasteiger partial charge is 0.756 e. The Balaban J connectivity index is 3.96. The molecule has 3 atom stereocenters. The van der Waals surface area contributed by atoms with E-state index in [1.807, 2.05) is 27.2 Å². The molecule has 8 nitrogen and oxygen atoms in total. The number of carbonyl (C=O) groups is 1. The molecule has 2 N–H and O–H groups in total. The number of amides is 1. The molecule has 3 unspecified atom stereocenters. The van der Waals surface area contributed by atoms with Crippen LogP contribution in [0.15, 0.2) is 85.1 Å². The third-order valence-corrected chi connectivity index (χ3v) is 17.1. The highest BCUT2D eigenvalue weighted by atomic mass is 31.2. The molecule has 1 amide bonds. The van der Waals surface area contributed by atoms with Crippen LogP contribution in [0, 0.1) is 0 Å². The second kappa shape index (κ2) is 65.1. The van der Waals surface area contributed by atoms with Gasteiger partial charge in [0, 0.05) is 6.42 Å². The van der Waals surface area contributed by atoms with Gasteiger partial charge in [0.25, 0.3) is 7.82 Å². The molecule has 490 valence electrons. The van der Waals surface area contributed by atoms with E-state index in [4.69, 9.17) is 9.05 Å². The summed E-state index contributed by atoms with van der Waals surface area (Å²) in [6.07, 6.45) is 92.8. The minimum Gasteiger partial charge on any atom is -0.756 e. The van der Waals surface area contributed by atoms with Crippen molar-refractivity contribution in [1.82, 2.24) is 5.32 Å². The first-order chi connectivity index (χ1) is 41.0. The summed E-state index contributed by atoms with van der Waals surface area (Å²) in [5, 5.41) is 14.0. The molecule has 0 heterocycles. The van der Waals surface area contributed by atoms with E-state index in [-0.39, 0.29) is 19.1 Å². The van der Waals surface area contributed by atoms with E-state index in [1.165, 1.54) is 238 Å². The third-order valence-electron chi connectivity index (χ3n) is 16.1. The van der Waals surface area contributed by atoms with Gasteiger partial charge >= 0.3 is 0 Å². The number of unbranched alkanes of at least 4 members (excludes halogenated alkanes) is 41. The highest BCUT2D eigenvalue weighted by molar-refractivity contribution is 7.45. The summed E-state index contributed by atoms with van der Waals surface area (Å²) < 4.78 is 23.5. The van der Waals surface area contributed by atoms with Gasteiger partial charge in [0.2, 0.25) is 5.91 Å². The van der Waals surface area contributed by atoms with Gasteiger partial charge in [-0.05, 0) is 70.6 Å². The van der Waals surface area contributed by atoms with Gasteiger partial charge < -0.3 is 28.8 Å². The number of quaternary nitrogens is 1. The minimum atomic E-state index is -4.60. The van der Waals surface area contributed by atoms with Crippen LogP contribution in [0.25, 0.3) is 0 Å². The molecule has 0 aliphatic carbocycles. The van der Waals surface area contributed by atoms with Crippen LogP contribution in [0.2, 0.25) is 0 Å². The summed E-state index contributed by atoms with van der Waals surface area (Å²) in [6, 6.07) is -0.889. The average molecular weight is 1200 g/mol. The molecule has 0 saturated heterocycles. The van der Waals surface area contributed by atoms with Gasteiger partial charge in [-0.25, -0.2) is 0 Å². The van der Waals surface area contributed by atoms with E-state index in [2.05, 4.69) is 92.1 Å². The monoisotopic (exact) mass is 1200 g/mol. The van der Waals surface area contributed by atoms with Crippen LogP contribution < -0.4 is 10.2 Å². The molecule has 0 saturated carbocycles. The standard InChI is InChI=1S/C75H139N2O6P/c1-6-8-10-12-14-16-18-20-22-24-26-28-29-30-31-32-33-34-35-36-37-38-39-40-41-42-43-44-45-46-47-49-51-53-55-57-59-61-63-65-67-69-75(79)76-73(72-83-84(80,81)82-71-70-77(3,4)5)74(78)68-66-64-62-60-58-56-54-52-50-48-27-25-23-21-19-17-15-13-11-9-7-2/h8,10,14,16,20,22,26,28,30-31,33-34,66,68,73-74,78H,6-7,9,11-13,15,17-19,21,23-25,27,29,32,35-65,67,69-72H2,1-5H3,(H-,76,79,80,81)/b10-8-,16-14-,22-20-,28-26-,31-30-,34-33-,68-66+.